The molecule has 1 aromatic heterocycles. The van der Waals surface area contributed by atoms with Crippen molar-refractivity contribution in [2.75, 3.05) is 44.8 Å². The molecule has 0 spiro atoms. The molecule has 2 aliphatic rings. The standard InChI is InChI=1S/C25H27N3O4S/c1-32-20-7-8-23-21(15-20)22(16-24(26-23)18-5-3-2-4-6-18)25(29)28-12-10-27(11-13-28)19-9-14-33(30,31)17-19/h2-8,15-16,19H,9-14,17H2,1H3/t19-/m1/s1. The zero-order chi connectivity index (χ0) is 23.0. The monoisotopic (exact) mass is 465 g/mol. The first-order chi connectivity index (χ1) is 15.9. The van der Waals surface area contributed by atoms with Crippen LogP contribution in [0.15, 0.2) is 54.6 Å². The molecule has 0 N–H and O–H groups in total. The molecular formula is C25H27N3O4S. The average molecular weight is 466 g/mol. The van der Waals surface area contributed by atoms with Crippen molar-refractivity contribution < 1.29 is 17.9 Å². The van der Waals surface area contributed by atoms with Gasteiger partial charge in [-0.15, -0.1) is 0 Å². The molecule has 2 aromatic carbocycles. The number of rotatable bonds is 4. The van der Waals surface area contributed by atoms with Gasteiger partial charge < -0.3 is 9.64 Å². The van der Waals surface area contributed by atoms with Crippen LogP contribution < -0.4 is 4.74 Å². The van der Waals surface area contributed by atoms with Gasteiger partial charge >= 0.3 is 0 Å². The Bertz CT molecular complexity index is 1290. The molecule has 5 rings (SSSR count). The first-order valence-electron chi connectivity index (χ1n) is 11.2. The summed E-state index contributed by atoms with van der Waals surface area (Å²) < 4.78 is 29.1. The lowest BCUT2D eigenvalue weighted by Gasteiger charge is -2.37. The van der Waals surface area contributed by atoms with Crippen LogP contribution in [0.2, 0.25) is 0 Å². The van der Waals surface area contributed by atoms with Crippen molar-refractivity contribution >= 4 is 26.6 Å². The summed E-state index contributed by atoms with van der Waals surface area (Å²) in [5.41, 5.74) is 3.06. The number of hydrogen-bond acceptors (Lipinski definition) is 6. The predicted molar refractivity (Wildman–Crippen MR) is 128 cm³/mol. The Hall–Kier alpha value is -2.97. The minimum Gasteiger partial charge on any atom is -0.497 e. The van der Waals surface area contributed by atoms with Gasteiger partial charge in [-0.2, -0.15) is 0 Å². The molecule has 0 bridgehead atoms. The minimum atomic E-state index is -2.92. The molecule has 2 saturated heterocycles. The van der Waals surface area contributed by atoms with Gasteiger partial charge in [0.25, 0.3) is 5.91 Å². The third-order valence-corrected chi connectivity index (χ3v) is 8.39. The van der Waals surface area contributed by atoms with Gasteiger partial charge in [0, 0.05) is 43.2 Å². The molecule has 0 aliphatic carbocycles. The molecule has 3 heterocycles. The summed E-state index contributed by atoms with van der Waals surface area (Å²) >= 11 is 0. The molecule has 0 unspecified atom stereocenters. The highest BCUT2D eigenvalue weighted by Gasteiger charge is 2.34. The fourth-order valence-corrected chi connectivity index (χ4v) is 6.55. The fourth-order valence-electron chi connectivity index (χ4n) is 4.79. The number of methoxy groups -OCH3 is 1. The number of sulfone groups is 1. The van der Waals surface area contributed by atoms with Gasteiger partial charge in [0.05, 0.1) is 35.4 Å². The number of ether oxygens (including phenoxy) is 1. The van der Waals surface area contributed by atoms with Crippen LogP contribution in [0.1, 0.15) is 16.8 Å². The summed E-state index contributed by atoms with van der Waals surface area (Å²) in [5, 5.41) is 0.767. The van der Waals surface area contributed by atoms with E-state index in [1.54, 1.807) is 7.11 Å². The molecule has 1 atom stereocenters. The van der Waals surface area contributed by atoms with Crippen molar-refractivity contribution in [2.45, 2.75) is 12.5 Å². The van der Waals surface area contributed by atoms with Crippen molar-refractivity contribution in [3.63, 3.8) is 0 Å². The lowest BCUT2D eigenvalue weighted by Crippen LogP contribution is -2.52. The number of hydrogen-bond donors (Lipinski definition) is 0. The highest BCUT2D eigenvalue weighted by atomic mass is 32.2. The van der Waals surface area contributed by atoms with E-state index in [9.17, 15) is 13.2 Å². The van der Waals surface area contributed by atoms with Crippen LogP contribution in [0.4, 0.5) is 0 Å². The quantitative estimate of drug-likeness (QED) is 0.590. The van der Waals surface area contributed by atoms with Gasteiger partial charge in [-0.3, -0.25) is 9.69 Å². The fraction of sp³-hybridized carbons (Fsp3) is 0.360. The lowest BCUT2D eigenvalue weighted by atomic mass is 10.0. The molecule has 33 heavy (non-hydrogen) atoms. The van der Waals surface area contributed by atoms with Crippen molar-refractivity contribution in [2.24, 2.45) is 0 Å². The highest BCUT2D eigenvalue weighted by Crippen LogP contribution is 2.29. The van der Waals surface area contributed by atoms with E-state index in [1.807, 2.05) is 59.5 Å². The van der Waals surface area contributed by atoms with Crippen LogP contribution in [0, 0.1) is 0 Å². The predicted octanol–water partition coefficient (Wildman–Crippen LogP) is 2.86. The second kappa shape index (κ2) is 8.76. The van der Waals surface area contributed by atoms with Gasteiger partial charge in [-0.25, -0.2) is 13.4 Å². The van der Waals surface area contributed by atoms with Crippen LogP contribution in [0.3, 0.4) is 0 Å². The molecule has 1 amide bonds. The third kappa shape index (κ3) is 4.45. The first-order valence-corrected chi connectivity index (χ1v) is 13.0. The molecule has 0 radical (unpaired) electrons. The Morgan fingerprint density at radius 3 is 2.45 bits per heavy atom. The lowest BCUT2D eigenvalue weighted by molar-refractivity contribution is 0.0589. The Kier molecular flexibility index (Phi) is 5.80. The first kappa shape index (κ1) is 21.9. The molecule has 7 nitrogen and oxygen atoms in total. The van der Waals surface area contributed by atoms with E-state index in [-0.39, 0.29) is 23.5 Å². The zero-order valence-electron chi connectivity index (χ0n) is 18.6. The molecule has 2 fully saturated rings. The maximum absolute atomic E-state index is 13.7. The number of amides is 1. The van der Waals surface area contributed by atoms with Crippen molar-refractivity contribution in [3.05, 3.63) is 60.2 Å². The summed E-state index contributed by atoms with van der Waals surface area (Å²) in [6, 6.07) is 17.4. The number of fused-ring (bicyclic) bond motifs is 1. The molecule has 0 saturated carbocycles. The molecule has 172 valence electrons. The summed E-state index contributed by atoms with van der Waals surface area (Å²) in [5.74, 6) is 1.14. The molecule has 2 aliphatic heterocycles. The van der Waals surface area contributed by atoms with Crippen molar-refractivity contribution in [1.82, 2.24) is 14.8 Å². The SMILES string of the molecule is COc1ccc2nc(-c3ccccc3)cc(C(=O)N3CCN([C@@H]4CCS(=O)(=O)C4)CC3)c2c1. The van der Waals surface area contributed by atoms with Crippen molar-refractivity contribution in [1.29, 1.82) is 0 Å². The van der Waals surface area contributed by atoms with Gasteiger partial charge in [0.1, 0.15) is 5.75 Å². The number of aromatic nitrogens is 1. The Labute approximate surface area is 193 Å². The molecule has 8 heteroatoms. The van der Waals surface area contributed by atoms with Gasteiger partial charge in [-0.1, -0.05) is 30.3 Å². The van der Waals surface area contributed by atoms with Gasteiger partial charge in [-0.05, 0) is 30.7 Å². The van der Waals surface area contributed by atoms with E-state index < -0.39 is 9.84 Å². The Morgan fingerprint density at radius 1 is 1.03 bits per heavy atom. The van der Waals surface area contributed by atoms with Crippen LogP contribution in [-0.4, -0.2) is 79.9 Å². The van der Waals surface area contributed by atoms with E-state index in [1.165, 1.54) is 0 Å². The number of piperazine rings is 1. The highest BCUT2D eigenvalue weighted by molar-refractivity contribution is 7.91. The van der Waals surface area contributed by atoms with Crippen LogP contribution >= 0.6 is 0 Å². The van der Waals surface area contributed by atoms with E-state index >= 15 is 0 Å². The van der Waals surface area contributed by atoms with Gasteiger partial charge in [0.15, 0.2) is 9.84 Å². The average Bonchev–Trinajstić information content (AvgIpc) is 3.22. The van der Waals surface area contributed by atoms with E-state index in [0.717, 1.165) is 22.2 Å². The Balaban J connectivity index is 1.44. The maximum Gasteiger partial charge on any atom is 0.254 e. The number of pyridine rings is 1. The van der Waals surface area contributed by atoms with E-state index in [2.05, 4.69) is 4.90 Å². The van der Waals surface area contributed by atoms with Crippen LogP contribution in [-0.2, 0) is 9.84 Å². The normalized spacial score (nSPS) is 20.8. The van der Waals surface area contributed by atoms with E-state index in [0.29, 0.717) is 43.9 Å². The van der Waals surface area contributed by atoms with Crippen molar-refractivity contribution in [3.8, 4) is 17.0 Å². The van der Waals surface area contributed by atoms with E-state index in [4.69, 9.17) is 9.72 Å². The third-order valence-electron chi connectivity index (χ3n) is 6.64. The summed E-state index contributed by atoms with van der Waals surface area (Å²) in [4.78, 5) is 22.6. The number of carbonyl (C=O) groups excluding carboxylic acids is 1. The van der Waals surface area contributed by atoms with Crippen LogP contribution in [0.5, 0.6) is 5.75 Å². The molecular weight excluding hydrogens is 438 g/mol. The second-order valence-corrected chi connectivity index (χ2v) is 10.9. The summed E-state index contributed by atoms with van der Waals surface area (Å²) in [7, 11) is -1.31. The smallest absolute Gasteiger partial charge is 0.254 e. The van der Waals surface area contributed by atoms with Crippen LogP contribution in [0.25, 0.3) is 22.2 Å². The number of nitrogens with zero attached hydrogens (tertiary/aromatic N) is 3. The van der Waals surface area contributed by atoms with Gasteiger partial charge in [0.2, 0.25) is 0 Å². The summed E-state index contributed by atoms with van der Waals surface area (Å²) in [6.07, 6.45) is 0.686. The molecule has 3 aromatic rings. The summed E-state index contributed by atoms with van der Waals surface area (Å²) in [6.45, 7) is 2.52. The topological polar surface area (TPSA) is 79.8 Å². The number of carbonyl (C=O) groups is 1. The largest absolute Gasteiger partial charge is 0.497 e. The maximum atomic E-state index is 13.7. The second-order valence-electron chi connectivity index (χ2n) is 8.69. The zero-order valence-corrected chi connectivity index (χ0v) is 19.4. The number of benzene rings is 2. The Morgan fingerprint density at radius 2 is 1.79 bits per heavy atom. The minimum absolute atomic E-state index is 0.0356.